The summed E-state index contributed by atoms with van der Waals surface area (Å²) in [6.07, 6.45) is 3.79. The Morgan fingerprint density at radius 3 is 2.50 bits per heavy atom. The van der Waals surface area contributed by atoms with E-state index in [1.54, 1.807) is 0 Å². The summed E-state index contributed by atoms with van der Waals surface area (Å²) in [5, 5.41) is 4.04. The molecule has 0 bridgehead atoms. The number of hydrogen-bond acceptors (Lipinski definition) is 4. The third-order valence-electron chi connectivity index (χ3n) is 4.06. The second-order valence-corrected chi connectivity index (χ2v) is 5.73. The summed E-state index contributed by atoms with van der Waals surface area (Å²) in [5.41, 5.74) is 9.18. The number of nitrogens with zero attached hydrogens (tertiary/aromatic N) is 3. The Hall–Kier alpha value is -1.62. The van der Waals surface area contributed by atoms with Gasteiger partial charge in [-0.1, -0.05) is 19.0 Å². The Bertz CT molecular complexity index is 551. The Labute approximate surface area is 120 Å². The van der Waals surface area contributed by atoms with E-state index in [0.29, 0.717) is 18.4 Å². The van der Waals surface area contributed by atoms with Gasteiger partial charge in [-0.25, -0.2) is 4.98 Å². The molecule has 0 aliphatic heterocycles. The SMILES string of the molecule is Cc1noc(C)c1C(C)n1cncc1C(CN)C(C)C. The molecular weight excluding hydrogens is 252 g/mol. The summed E-state index contributed by atoms with van der Waals surface area (Å²) in [7, 11) is 0. The molecule has 2 aromatic heterocycles. The fraction of sp³-hybridized carbons (Fsp3) is 0.600. The fourth-order valence-corrected chi connectivity index (χ4v) is 2.89. The molecule has 2 atom stereocenters. The largest absolute Gasteiger partial charge is 0.361 e. The predicted octanol–water partition coefficient (Wildman–Crippen LogP) is 2.80. The average Bonchev–Trinajstić information content (AvgIpc) is 2.97. The molecule has 0 aliphatic rings. The number of aryl methyl sites for hydroxylation is 2. The lowest BCUT2D eigenvalue weighted by atomic mass is 9.92. The van der Waals surface area contributed by atoms with Gasteiger partial charge >= 0.3 is 0 Å². The van der Waals surface area contributed by atoms with Crippen molar-refractivity contribution in [1.82, 2.24) is 14.7 Å². The summed E-state index contributed by atoms with van der Waals surface area (Å²) in [5.74, 6) is 1.65. The van der Waals surface area contributed by atoms with Gasteiger partial charge in [-0.15, -0.1) is 0 Å². The van der Waals surface area contributed by atoms with Gasteiger partial charge < -0.3 is 14.8 Å². The lowest BCUT2D eigenvalue weighted by Gasteiger charge is -2.24. The molecule has 2 unspecified atom stereocenters. The molecule has 110 valence electrons. The molecule has 2 N–H and O–H groups in total. The Morgan fingerprint density at radius 1 is 1.30 bits per heavy atom. The Morgan fingerprint density at radius 2 is 2.00 bits per heavy atom. The highest BCUT2D eigenvalue weighted by atomic mass is 16.5. The molecule has 0 saturated heterocycles. The van der Waals surface area contributed by atoms with Crippen LogP contribution in [0.25, 0.3) is 0 Å². The Balaban J connectivity index is 2.42. The summed E-state index contributed by atoms with van der Waals surface area (Å²) in [6.45, 7) is 11.1. The highest BCUT2D eigenvalue weighted by molar-refractivity contribution is 5.27. The second-order valence-electron chi connectivity index (χ2n) is 5.73. The first-order valence-electron chi connectivity index (χ1n) is 7.11. The van der Waals surface area contributed by atoms with E-state index in [0.717, 1.165) is 17.0 Å². The van der Waals surface area contributed by atoms with Crippen LogP contribution in [0.1, 0.15) is 55.4 Å². The molecule has 0 amide bonds. The van der Waals surface area contributed by atoms with Crippen LogP contribution < -0.4 is 5.73 Å². The lowest BCUT2D eigenvalue weighted by molar-refractivity contribution is 0.390. The summed E-state index contributed by atoms with van der Waals surface area (Å²) in [6, 6.07) is 0.145. The van der Waals surface area contributed by atoms with Crippen molar-refractivity contribution in [2.75, 3.05) is 6.54 Å². The quantitative estimate of drug-likeness (QED) is 0.911. The number of aromatic nitrogens is 3. The molecule has 2 aromatic rings. The van der Waals surface area contributed by atoms with Crippen LogP contribution in [0.2, 0.25) is 0 Å². The molecule has 2 heterocycles. The average molecular weight is 276 g/mol. The minimum absolute atomic E-state index is 0.145. The van der Waals surface area contributed by atoms with Crippen LogP contribution in [-0.4, -0.2) is 21.3 Å². The van der Waals surface area contributed by atoms with Gasteiger partial charge in [0, 0.05) is 29.9 Å². The summed E-state index contributed by atoms with van der Waals surface area (Å²) >= 11 is 0. The van der Waals surface area contributed by atoms with Gasteiger partial charge in [0.05, 0.1) is 18.1 Å². The van der Waals surface area contributed by atoms with Crippen molar-refractivity contribution in [3.05, 3.63) is 35.2 Å². The molecular formula is C15H24N4O. The maximum absolute atomic E-state index is 5.94. The van der Waals surface area contributed by atoms with Crippen LogP contribution in [0.4, 0.5) is 0 Å². The van der Waals surface area contributed by atoms with Gasteiger partial charge in [0.25, 0.3) is 0 Å². The predicted molar refractivity (Wildman–Crippen MR) is 78.7 cm³/mol. The third-order valence-corrected chi connectivity index (χ3v) is 4.06. The zero-order chi connectivity index (χ0) is 14.9. The standard InChI is InChI=1S/C15H24N4O/c1-9(2)13(6-16)14-7-17-8-19(14)11(4)15-10(3)18-20-12(15)5/h7-9,11,13H,6,16H2,1-5H3. The molecule has 20 heavy (non-hydrogen) atoms. The van der Waals surface area contributed by atoms with E-state index >= 15 is 0 Å². The van der Waals surface area contributed by atoms with E-state index in [9.17, 15) is 0 Å². The normalized spacial score (nSPS) is 14.8. The fourth-order valence-electron chi connectivity index (χ4n) is 2.89. The van der Waals surface area contributed by atoms with Crippen molar-refractivity contribution in [2.24, 2.45) is 11.7 Å². The monoisotopic (exact) mass is 276 g/mol. The zero-order valence-corrected chi connectivity index (χ0v) is 12.9. The van der Waals surface area contributed by atoms with E-state index in [-0.39, 0.29) is 6.04 Å². The minimum Gasteiger partial charge on any atom is -0.361 e. The van der Waals surface area contributed by atoms with E-state index < -0.39 is 0 Å². The number of imidazole rings is 1. The first kappa shape index (κ1) is 14.8. The maximum Gasteiger partial charge on any atom is 0.139 e. The van der Waals surface area contributed by atoms with Crippen LogP contribution in [0.5, 0.6) is 0 Å². The molecule has 0 aliphatic carbocycles. The highest BCUT2D eigenvalue weighted by Crippen LogP contribution is 2.30. The van der Waals surface area contributed by atoms with Crippen LogP contribution in [0, 0.1) is 19.8 Å². The molecule has 0 saturated carbocycles. The third kappa shape index (κ3) is 2.50. The van der Waals surface area contributed by atoms with Crippen LogP contribution in [0.15, 0.2) is 17.0 Å². The lowest BCUT2D eigenvalue weighted by Crippen LogP contribution is -2.22. The molecule has 2 rings (SSSR count). The molecule has 0 fully saturated rings. The van der Waals surface area contributed by atoms with Crippen LogP contribution >= 0.6 is 0 Å². The topological polar surface area (TPSA) is 69.9 Å². The number of nitrogens with two attached hydrogens (primary N) is 1. The summed E-state index contributed by atoms with van der Waals surface area (Å²) in [4.78, 5) is 4.32. The second kappa shape index (κ2) is 5.79. The van der Waals surface area contributed by atoms with Crippen molar-refractivity contribution in [3.63, 3.8) is 0 Å². The molecule has 0 spiro atoms. The molecule has 0 aromatic carbocycles. The molecule has 0 radical (unpaired) electrons. The van der Waals surface area contributed by atoms with Gasteiger partial charge in [-0.2, -0.15) is 0 Å². The minimum atomic E-state index is 0.145. The molecule has 5 heteroatoms. The van der Waals surface area contributed by atoms with Crippen molar-refractivity contribution >= 4 is 0 Å². The van der Waals surface area contributed by atoms with E-state index in [1.807, 2.05) is 26.4 Å². The smallest absolute Gasteiger partial charge is 0.139 e. The van der Waals surface area contributed by atoms with Crippen molar-refractivity contribution in [2.45, 2.75) is 46.6 Å². The zero-order valence-electron chi connectivity index (χ0n) is 12.9. The van der Waals surface area contributed by atoms with Crippen LogP contribution in [-0.2, 0) is 0 Å². The van der Waals surface area contributed by atoms with Crippen molar-refractivity contribution in [3.8, 4) is 0 Å². The summed E-state index contributed by atoms with van der Waals surface area (Å²) < 4.78 is 7.46. The van der Waals surface area contributed by atoms with E-state index in [4.69, 9.17) is 10.3 Å². The maximum atomic E-state index is 5.94. The van der Waals surface area contributed by atoms with Gasteiger partial charge in [-0.05, 0) is 26.7 Å². The van der Waals surface area contributed by atoms with Crippen LogP contribution in [0.3, 0.4) is 0 Å². The van der Waals surface area contributed by atoms with E-state index in [1.165, 1.54) is 5.69 Å². The van der Waals surface area contributed by atoms with Gasteiger partial charge in [0.1, 0.15) is 5.76 Å². The van der Waals surface area contributed by atoms with Gasteiger partial charge in [0.15, 0.2) is 0 Å². The van der Waals surface area contributed by atoms with Gasteiger partial charge in [-0.3, -0.25) is 0 Å². The molecule has 5 nitrogen and oxygen atoms in total. The van der Waals surface area contributed by atoms with E-state index in [2.05, 4.69) is 35.5 Å². The highest BCUT2D eigenvalue weighted by Gasteiger charge is 2.24. The first-order chi connectivity index (χ1) is 9.47. The van der Waals surface area contributed by atoms with Gasteiger partial charge in [0.2, 0.25) is 0 Å². The number of rotatable bonds is 5. The Kier molecular flexibility index (Phi) is 4.28. The van der Waals surface area contributed by atoms with Crippen molar-refractivity contribution < 1.29 is 4.52 Å². The first-order valence-corrected chi connectivity index (χ1v) is 7.11. The van der Waals surface area contributed by atoms with Crippen molar-refractivity contribution in [1.29, 1.82) is 0 Å². The number of hydrogen-bond donors (Lipinski definition) is 1.